The van der Waals surface area contributed by atoms with Crippen molar-refractivity contribution in [3.05, 3.63) is 67.8 Å². The molecule has 0 fully saturated rings. The number of allylic oxidation sites excluding steroid dienone is 2. The average Bonchev–Trinajstić information content (AvgIpc) is 2.70. The van der Waals surface area contributed by atoms with E-state index in [9.17, 15) is 9.59 Å². The van der Waals surface area contributed by atoms with Crippen LogP contribution in [0.5, 0.6) is 5.75 Å². The van der Waals surface area contributed by atoms with Gasteiger partial charge in [-0.1, -0.05) is 60.8 Å². The van der Waals surface area contributed by atoms with Crippen LogP contribution in [-0.2, 0) is 9.59 Å². The molecular formula is C25H24Cl3NO3. The Morgan fingerprint density at radius 2 is 1.78 bits per heavy atom. The number of anilines is 1. The second-order valence-corrected chi connectivity index (χ2v) is 10.4. The highest BCUT2D eigenvalue weighted by Gasteiger charge is 2.45. The molecule has 0 N–H and O–H groups in total. The van der Waals surface area contributed by atoms with Gasteiger partial charge < -0.3 is 4.74 Å². The van der Waals surface area contributed by atoms with Gasteiger partial charge >= 0.3 is 0 Å². The van der Waals surface area contributed by atoms with E-state index >= 15 is 0 Å². The number of hydrogen-bond donors (Lipinski definition) is 0. The van der Waals surface area contributed by atoms with E-state index in [4.69, 9.17) is 39.5 Å². The molecule has 4 rings (SSSR count). The number of carbonyl (C=O) groups excluding carboxylic acids is 2. The van der Waals surface area contributed by atoms with Crippen molar-refractivity contribution >= 4 is 52.2 Å². The van der Waals surface area contributed by atoms with Crippen molar-refractivity contribution in [1.29, 1.82) is 0 Å². The Morgan fingerprint density at radius 1 is 1.06 bits per heavy atom. The fourth-order valence-electron chi connectivity index (χ4n) is 4.74. The van der Waals surface area contributed by atoms with Crippen LogP contribution in [-0.4, -0.2) is 18.8 Å². The highest BCUT2D eigenvalue weighted by Crippen LogP contribution is 2.51. The minimum Gasteiger partial charge on any atom is -0.495 e. The van der Waals surface area contributed by atoms with E-state index in [1.807, 2.05) is 32.9 Å². The predicted octanol–water partition coefficient (Wildman–Crippen LogP) is 7.13. The molecule has 1 atom stereocenters. The smallest absolute Gasteiger partial charge is 0.232 e. The molecule has 0 radical (unpaired) electrons. The number of benzene rings is 2. The first-order valence-corrected chi connectivity index (χ1v) is 11.5. The molecule has 0 aromatic heterocycles. The number of amides is 1. The molecule has 0 saturated carbocycles. The van der Waals surface area contributed by atoms with Gasteiger partial charge in [-0.15, -0.1) is 0 Å². The lowest BCUT2D eigenvalue weighted by Crippen LogP contribution is -2.44. The summed E-state index contributed by atoms with van der Waals surface area (Å²) in [4.78, 5) is 28.7. The molecule has 168 valence electrons. The van der Waals surface area contributed by atoms with Gasteiger partial charge in [0.15, 0.2) is 5.78 Å². The van der Waals surface area contributed by atoms with Crippen molar-refractivity contribution in [2.75, 3.05) is 12.0 Å². The van der Waals surface area contributed by atoms with E-state index in [1.165, 1.54) is 0 Å². The van der Waals surface area contributed by atoms with Gasteiger partial charge in [-0.05, 0) is 42.0 Å². The van der Waals surface area contributed by atoms with Crippen LogP contribution >= 0.6 is 34.8 Å². The van der Waals surface area contributed by atoms with Crippen molar-refractivity contribution in [3.63, 3.8) is 0 Å². The summed E-state index contributed by atoms with van der Waals surface area (Å²) < 4.78 is 5.56. The number of Topliss-reactive ketones (excluding diaryl/α,β-unsaturated/α-hetero) is 1. The van der Waals surface area contributed by atoms with Gasteiger partial charge in [0.2, 0.25) is 5.91 Å². The van der Waals surface area contributed by atoms with Gasteiger partial charge in [0.1, 0.15) is 5.75 Å². The van der Waals surface area contributed by atoms with Gasteiger partial charge in [0, 0.05) is 41.1 Å². The third-order valence-corrected chi connectivity index (χ3v) is 7.44. The molecule has 1 amide bonds. The number of halogens is 3. The van der Waals surface area contributed by atoms with Crippen molar-refractivity contribution in [2.24, 2.45) is 5.41 Å². The van der Waals surface area contributed by atoms with E-state index in [1.54, 1.807) is 30.2 Å². The zero-order chi connectivity index (χ0) is 23.4. The molecule has 7 heteroatoms. The molecular weight excluding hydrogens is 469 g/mol. The average molecular weight is 493 g/mol. The summed E-state index contributed by atoms with van der Waals surface area (Å²) in [6.45, 7) is 5.95. The van der Waals surface area contributed by atoms with E-state index in [-0.39, 0.29) is 23.5 Å². The second-order valence-electron chi connectivity index (χ2n) is 9.20. The van der Waals surface area contributed by atoms with Crippen molar-refractivity contribution < 1.29 is 14.3 Å². The van der Waals surface area contributed by atoms with Gasteiger partial charge in [-0.3, -0.25) is 14.5 Å². The first kappa shape index (κ1) is 23.2. The maximum atomic E-state index is 13.6. The third kappa shape index (κ3) is 3.93. The highest BCUT2D eigenvalue weighted by atomic mass is 35.5. The lowest BCUT2D eigenvalue weighted by molar-refractivity contribution is -0.121. The summed E-state index contributed by atoms with van der Waals surface area (Å²) >= 11 is 19.1. The maximum Gasteiger partial charge on any atom is 0.232 e. The van der Waals surface area contributed by atoms with E-state index < -0.39 is 5.92 Å². The zero-order valence-corrected chi connectivity index (χ0v) is 20.7. The Bertz CT molecular complexity index is 1170. The van der Waals surface area contributed by atoms with Gasteiger partial charge in [-0.25, -0.2) is 0 Å². The van der Waals surface area contributed by atoms with E-state index in [0.717, 1.165) is 5.56 Å². The first-order chi connectivity index (χ1) is 15.0. The Hall–Kier alpha value is -2.01. The van der Waals surface area contributed by atoms with Gasteiger partial charge in [-0.2, -0.15) is 0 Å². The van der Waals surface area contributed by atoms with E-state index in [0.29, 0.717) is 56.2 Å². The van der Waals surface area contributed by atoms with Crippen LogP contribution in [0.1, 0.15) is 50.2 Å². The normalized spacial score (nSPS) is 20.5. The minimum absolute atomic E-state index is 0.0273. The Morgan fingerprint density at radius 3 is 2.47 bits per heavy atom. The minimum atomic E-state index is -0.442. The summed E-state index contributed by atoms with van der Waals surface area (Å²) in [7, 11) is 1.54. The SMILES string of the molecule is COc1cc(Cl)c(C)cc1N1C(=O)CC(c2cccc(Cl)c2Cl)C2=C1CC(C)(C)CC2=O. The second kappa shape index (κ2) is 8.40. The fourth-order valence-corrected chi connectivity index (χ4v) is 5.33. The summed E-state index contributed by atoms with van der Waals surface area (Å²) in [6, 6.07) is 8.88. The molecule has 2 aromatic rings. The number of methoxy groups -OCH3 is 1. The van der Waals surface area contributed by atoms with Crippen LogP contribution in [0.2, 0.25) is 15.1 Å². The number of ether oxygens (including phenoxy) is 1. The number of ketones is 1. The van der Waals surface area contributed by atoms with Crippen molar-refractivity contribution in [2.45, 2.75) is 46.0 Å². The van der Waals surface area contributed by atoms with Crippen LogP contribution in [0, 0.1) is 12.3 Å². The largest absolute Gasteiger partial charge is 0.495 e. The van der Waals surface area contributed by atoms with Crippen LogP contribution < -0.4 is 9.64 Å². The third-order valence-electron chi connectivity index (χ3n) is 6.20. The van der Waals surface area contributed by atoms with E-state index in [2.05, 4.69) is 0 Å². The topological polar surface area (TPSA) is 46.6 Å². The lowest BCUT2D eigenvalue weighted by Gasteiger charge is -2.43. The summed E-state index contributed by atoms with van der Waals surface area (Å²) in [5.74, 6) is -0.0615. The monoisotopic (exact) mass is 491 g/mol. The zero-order valence-electron chi connectivity index (χ0n) is 18.4. The Balaban J connectivity index is 1.98. The molecule has 32 heavy (non-hydrogen) atoms. The molecule has 4 nitrogen and oxygen atoms in total. The van der Waals surface area contributed by atoms with Crippen molar-refractivity contribution in [3.8, 4) is 5.75 Å². The number of hydrogen-bond acceptors (Lipinski definition) is 3. The summed E-state index contributed by atoms with van der Waals surface area (Å²) in [5, 5.41) is 1.33. The molecule has 1 aliphatic carbocycles. The van der Waals surface area contributed by atoms with Crippen LogP contribution in [0.25, 0.3) is 0 Å². The highest BCUT2D eigenvalue weighted by molar-refractivity contribution is 6.42. The van der Waals surface area contributed by atoms with Crippen LogP contribution in [0.3, 0.4) is 0 Å². The molecule has 1 unspecified atom stereocenters. The summed E-state index contributed by atoms with van der Waals surface area (Å²) in [5.41, 5.74) is 3.15. The number of aryl methyl sites for hydroxylation is 1. The number of carbonyl (C=O) groups is 2. The number of rotatable bonds is 3. The Labute approximate surface area is 203 Å². The molecule has 1 heterocycles. The Kier molecular flexibility index (Phi) is 6.08. The standard InChI is InChI=1S/C25H24Cl3NO3/c1-13-8-18(21(32-4)10-17(13)27)29-19-11-25(2,3)12-20(30)23(19)15(9-22(29)31)14-6-5-7-16(26)24(14)28/h5-8,10,15H,9,11-12H2,1-4H3. The quantitative estimate of drug-likeness (QED) is 0.458. The van der Waals surface area contributed by atoms with Gasteiger partial charge in [0.05, 0.1) is 22.8 Å². The molecule has 2 aliphatic rings. The first-order valence-electron chi connectivity index (χ1n) is 10.4. The summed E-state index contributed by atoms with van der Waals surface area (Å²) in [6.07, 6.45) is 1.08. The molecule has 2 aromatic carbocycles. The fraction of sp³-hybridized carbons (Fsp3) is 0.360. The molecule has 0 spiro atoms. The lowest BCUT2D eigenvalue weighted by atomic mass is 9.69. The molecule has 0 saturated heterocycles. The van der Waals surface area contributed by atoms with Crippen LogP contribution in [0.4, 0.5) is 5.69 Å². The van der Waals surface area contributed by atoms with Crippen molar-refractivity contribution in [1.82, 2.24) is 0 Å². The molecule has 0 bridgehead atoms. The molecule has 1 aliphatic heterocycles. The maximum absolute atomic E-state index is 13.6. The van der Waals surface area contributed by atoms with Crippen LogP contribution in [0.15, 0.2) is 41.6 Å². The number of nitrogens with zero attached hydrogens (tertiary/aromatic N) is 1. The predicted molar refractivity (Wildman–Crippen MR) is 129 cm³/mol. The van der Waals surface area contributed by atoms with Gasteiger partial charge in [0.25, 0.3) is 0 Å².